The number of nitrogens with one attached hydrogen (secondary N) is 2. The smallest absolute Gasteiger partial charge is 0.311 e. The second-order valence-corrected chi connectivity index (χ2v) is 21.5. The minimum Gasteiger partial charge on any atom is -0.481 e. The van der Waals surface area contributed by atoms with Crippen LogP contribution in [0.4, 0.5) is 0 Å². The maximum Gasteiger partial charge on any atom is 0.311 e. The Morgan fingerprint density at radius 2 is 0.735 bits per heavy atom. The van der Waals surface area contributed by atoms with Gasteiger partial charge in [0.2, 0.25) is 11.8 Å². The molecule has 2 amide bonds. The van der Waals surface area contributed by atoms with Gasteiger partial charge in [-0.1, -0.05) is 166 Å². The molecule has 0 bridgehead atoms. The molecule has 0 spiro atoms. The number of carboxylic acids is 2. The highest BCUT2D eigenvalue weighted by atomic mass is 16.5. The maximum atomic E-state index is 11.8. The molecule has 1 atom stereocenters. The molecule has 0 rings (SSSR count). The highest BCUT2D eigenvalue weighted by molar-refractivity contribution is 5.83. The molecule has 0 radical (unpaired) electrons. The van der Waals surface area contributed by atoms with Gasteiger partial charge in [-0.2, -0.15) is 0 Å². The Morgan fingerprint density at radius 3 is 1.00 bits per heavy atom. The molecule has 1 unspecified atom stereocenters. The van der Waals surface area contributed by atoms with E-state index in [-0.39, 0.29) is 52.6 Å². The van der Waals surface area contributed by atoms with Crippen molar-refractivity contribution in [3.63, 3.8) is 0 Å². The summed E-state index contributed by atoms with van der Waals surface area (Å²) < 4.78 is 10.2. The lowest BCUT2D eigenvalue weighted by Gasteiger charge is -2.21. The lowest BCUT2D eigenvalue weighted by Crippen LogP contribution is -2.44. The highest BCUT2D eigenvalue weighted by Gasteiger charge is 2.28. The molecule has 0 aromatic carbocycles. The van der Waals surface area contributed by atoms with Crippen molar-refractivity contribution in [2.45, 2.75) is 273 Å². The molecule has 0 aromatic rings. The fraction of sp³-hybridized carbons (Fsp3) is 0.893. The number of ether oxygens (including phenoxy) is 2. The Balaban J connectivity index is -0.000000267. The number of esters is 2. The second kappa shape index (κ2) is 42.7. The van der Waals surface area contributed by atoms with E-state index in [0.717, 1.165) is 32.1 Å². The summed E-state index contributed by atoms with van der Waals surface area (Å²) in [6, 6.07) is 0. The summed E-state index contributed by atoms with van der Waals surface area (Å²) in [7, 11) is 0. The van der Waals surface area contributed by atoms with Gasteiger partial charge in [-0.05, 0) is 107 Å². The number of hydrogen-bond acceptors (Lipinski definition) is 8. The van der Waals surface area contributed by atoms with Crippen LogP contribution in [0.15, 0.2) is 0 Å². The zero-order valence-corrected chi connectivity index (χ0v) is 47.9. The molecule has 0 fully saturated rings. The van der Waals surface area contributed by atoms with Gasteiger partial charge in [-0.15, -0.1) is 0 Å². The zero-order chi connectivity index (χ0) is 54.0. The zero-order valence-electron chi connectivity index (χ0n) is 47.9. The van der Waals surface area contributed by atoms with Crippen molar-refractivity contribution in [2.24, 2.45) is 33.0 Å². The van der Waals surface area contributed by atoms with E-state index in [4.69, 9.17) is 19.7 Å². The van der Waals surface area contributed by atoms with E-state index >= 15 is 0 Å². The summed E-state index contributed by atoms with van der Waals surface area (Å²) >= 11 is 0. The summed E-state index contributed by atoms with van der Waals surface area (Å²) in [5.41, 5.74) is -2.09. The number of rotatable bonds is 32. The monoisotopic (exact) mass is 973 g/mol. The number of aliphatic carboxylic acids is 2. The maximum absolute atomic E-state index is 11.8. The van der Waals surface area contributed by atoms with Crippen molar-refractivity contribution in [3.05, 3.63) is 0 Å². The Labute approximate surface area is 419 Å². The number of carboxylic acid groups (broad SMARTS) is 2. The first-order valence-electron chi connectivity index (χ1n) is 26.8. The number of amides is 2. The molecule has 0 aromatic heterocycles. The van der Waals surface area contributed by atoms with Crippen LogP contribution in [-0.2, 0) is 38.2 Å². The highest BCUT2D eigenvalue weighted by Crippen LogP contribution is 2.23. The fourth-order valence-electron chi connectivity index (χ4n) is 4.90. The van der Waals surface area contributed by atoms with E-state index in [2.05, 4.69) is 17.6 Å². The first kappa shape index (κ1) is 73.8. The summed E-state index contributed by atoms with van der Waals surface area (Å²) in [5, 5.41) is 22.3. The molecule has 12 heteroatoms. The largest absolute Gasteiger partial charge is 0.481 e. The minimum absolute atomic E-state index is 0.00362. The van der Waals surface area contributed by atoms with E-state index in [1.807, 2.05) is 96.9 Å². The summed E-state index contributed by atoms with van der Waals surface area (Å²) in [4.78, 5) is 66.5. The normalized spacial score (nSPS) is 11.9. The van der Waals surface area contributed by atoms with Crippen LogP contribution in [0.25, 0.3) is 0 Å². The average Bonchev–Trinajstić information content (AvgIpc) is 3.30. The molecule has 0 saturated heterocycles. The quantitative estimate of drug-likeness (QED) is 0.0287. The van der Waals surface area contributed by atoms with Gasteiger partial charge in [0.15, 0.2) is 0 Å². The van der Waals surface area contributed by atoms with Crippen LogP contribution in [0.5, 0.6) is 0 Å². The van der Waals surface area contributed by atoms with Crippen LogP contribution in [0.1, 0.15) is 273 Å². The van der Waals surface area contributed by atoms with Crippen molar-refractivity contribution < 1.29 is 48.5 Å². The third kappa shape index (κ3) is 41.8. The van der Waals surface area contributed by atoms with Crippen LogP contribution in [0.2, 0.25) is 0 Å². The molecule has 68 heavy (non-hydrogen) atoms. The van der Waals surface area contributed by atoms with Crippen molar-refractivity contribution >= 4 is 35.7 Å². The Morgan fingerprint density at radius 1 is 0.426 bits per heavy atom. The third-order valence-electron chi connectivity index (χ3n) is 13.4. The molecule has 0 aliphatic heterocycles. The topological polar surface area (TPSA) is 185 Å². The Hall–Kier alpha value is -3.18. The number of hydrogen-bond donors (Lipinski definition) is 4. The van der Waals surface area contributed by atoms with Crippen LogP contribution in [-0.4, -0.2) is 65.8 Å². The van der Waals surface area contributed by atoms with Gasteiger partial charge in [-0.3, -0.25) is 28.8 Å². The third-order valence-corrected chi connectivity index (χ3v) is 13.4. The number of unbranched alkanes of at least 4 members (excludes halogenated alkanes) is 15. The van der Waals surface area contributed by atoms with E-state index in [1.165, 1.54) is 96.3 Å². The summed E-state index contributed by atoms with van der Waals surface area (Å²) in [5.74, 6) is -1.63. The predicted octanol–water partition coefficient (Wildman–Crippen LogP) is 14.9. The fourth-order valence-corrected chi connectivity index (χ4v) is 4.90. The Kier molecular flexibility index (Phi) is 46.3. The molecule has 0 aliphatic rings. The SMILES string of the molecule is CCC(C)(C)C(=O)O.CCC(C)(C)C(=O)O.CCC(C)C(=O)NCNC(=O)C(C)(C)CC.CCCCCCCCCCCCCCCCCCOC(=O)C(C)(C)CC.CCOC(=O)C(C)(C)CC. The van der Waals surface area contributed by atoms with Crippen molar-refractivity contribution in [3.8, 4) is 0 Å². The van der Waals surface area contributed by atoms with Crippen molar-refractivity contribution in [1.29, 1.82) is 0 Å². The number of carbonyl (C=O) groups is 6. The summed E-state index contributed by atoms with van der Waals surface area (Å²) in [6.45, 7) is 37.3. The van der Waals surface area contributed by atoms with Crippen molar-refractivity contribution in [1.82, 2.24) is 10.6 Å². The van der Waals surface area contributed by atoms with Crippen LogP contribution in [0, 0.1) is 33.0 Å². The van der Waals surface area contributed by atoms with Gasteiger partial charge >= 0.3 is 23.9 Å². The van der Waals surface area contributed by atoms with Crippen molar-refractivity contribution in [2.75, 3.05) is 19.9 Å². The van der Waals surface area contributed by atoms with Crippen LogP contribution >= 0.6 is 0 Å². The number of carbonyl (C=O) groups excluding carboxylic acids is 4. The molecule has 0 aliphatic carbocycles. The van der Waals surface area contributed by atoms with E-state index in [0.29, 0.717) is 26.1 Å². The van der Waals surface area contributed by atoms with Gasteiger partial charge < -0.3 is 30.3 Å². The van der Waals surface area contributed by atoms with Gasteiger partial charge in [0, 0.05) is 11.3 Å². The predicted molar refractivity (Wildman–Crippen MR) is 283 cm³/mol. The molecule has 406 valence electrons. The standard InChI is InChI=1S/C24H48O2.C12H24N2O2.C8H16O2.2C6H12O2/c1-5-7-8-9-10-11-12-13-14-15-16-17-18-19-20-21-22-26-23(25)24(3,4)6-2;1-6-9(3)10(15)13-8-14-11(16)12(4,5)7-2;1-5-8(3,4)7(9)10-6-2;2*1-4-6(2,3)5(7)8/h5-22H2,1-4H3;9H,6-8H2,1-5H3,(H,13,15)(H,14,16);5-6H2,1-4H3;2*4H2,1-3H3,(H,7,8). The first-order valence-corrected chi connectivity index (χ1v) is 26.8. The molecule has 0 saturated carbocycles. The molecule has 12 nitrogen and oxygen atoms in total. The second-order valence-electron chi connectivity index (χ2n) is 21.5. The van der Waals surface area contributed by atoms with E-state index < -0.39 is 22.8 Å². The first-order chi connectivity index (χ1) is 31.4. The molecule has 0 heterocycles. The summed E-state index contributed by atoms with van der Waals surface area (Å²) in [6.07, 6.45) is 26.5. The lowest BCUT2D eigenvalue weighted by atomic mass is 9.89. The molecule has 4 N–H and O–H groups in total. The molecular weight excluding hydrogens is 861 g/mol. The lowest BCUT2D eigenvalue weighted by molar-refractivity contribution is -0.154. The van der Waals surface area contributed by atoms with E-state index in [9.17, 15) is 28.8 Å². The average molecular weight is 974 g/mol. The van der Waals surface area contributed by atoms with Gasteiger partial charge in [-0.25, -0.2) is 0 Å². The molecular formula is C56H112N2O10. The van der Waals surface area contributed by atoms with E-state index in [1.54, 1.807) is 27.7 Å². The van der Waals surface area contributed by atoms with Gasteiger partial charge in [0.1, 0.15) is 0 Å². The van der Waals surface area contributed by atoms with Gasteiger partial charge in [0.05, 0.1) is 41.5 Å². The minimum atomic E-state index is -0.722. The van der Waals surface area contributed by atoms with Gasteiger partial charge in [0.25, 0.3) is 0 Å². The Bertz CT molecular complexity index is 1280. The van der Waals surface area contributed by atoms with Crippen LogP contribution in [0.3, 0.4) is 0 Å². The van der Waals surface area contributed by atoms with Crippen LogP contribution < -0.4 is 10.6 Å².